The summed E-state index contributed by atoms with van der Waals surface area (Å²) in [5.41, 5.74) is 0. The van der Waals surface area contributed by atoms with E-state index in [2.05, 4.69) is 31.2 Å². The maximum Gasteiger partial charge on any atom is 0.234 e. The lowest BCUT2D eigenvalue weighted by atomic mass is 9.95. The second-order valence-electron chi connectivity index (χ2n) is 4.93. The largest absolute Gasteiger partial charge is 0.366 e. The summed E-state index contributed by atoms with van der Waals surface area (Å²) in [5.74, 6) is 2.66. The molecule has 0 radical (unpaired) electrons. The standard InChI is InChI=1S/C12H13BrN4/c13-9-6-15-11(5-14)17-12(9)16-10-4-7-1-2-8(10)3-7/h6-8,10H,1-4H2,(H,15,16,17)/t7-,8+,10+/m0/s1. The van der Waals surface area contributed by atoms with Crippen molar-refractivity contribution in [2.75, 3.05) is 5.32 Å². The summed E-state index contributed by atoms with van der Waals surface area (Å²) in [7, 11) is 0. The molecule has 5 heteroatoms. The van der Waals surface area contributed by atoms with E-state index in [9.17, 15) is 0 Å². The third-order valence-corrected chi connectivity index (χ3v) is 4.48. The highest BCUT2D eigenvalue weighted by Gasteiger charge is 2.39. The minimum atomic E-state index is 0.221. The fraction of sp³-hybridized carbons (Fsp3) is 0.583. The molecule has 17 heavy (non-hydrogen) atoms. The molecule has 3 atom stereocenters. The van der Waals surface area contributed by atoms with E-state index in [-0.39, 0.29) is 5.82 Å². The lowest BCUT2D eigenvalue weighted by Gasteiger charge is -2.23. The van der Waals surface area contributed by atoms with E-state index >= 15 is 0 Å². The number of aromatic nitrogens is 2. The van der Waals surface area contributed by atoms with E-state index in [0.717, 1.165) is 22.1 Å². The average molecular weight is 293 g/mol. The average Bonchev–Trinajstić information content (AvgIpc) is 2.94. The van der Waals surface area contributed by atoms with Crippen molar-refractivity contribution in [3.63, 3.8) is 0 Å². The summed E-state index contributed by atoms with van der Waals surface area (Å²) in [6, 6.07) is 2.49. The number of halogens is 1. The third-order valence-electron chi connectivity index (χ3n) is 3.90. The van der Waals surface area contributed by atoms with E-state index in [0.29, 0.717) is 6.04 Å². The molecule has 0 spiro atoms. The fourth-order valence-corrected chi connectivity index (χ4v) is 3.42. The van der Waals surface area contributed by atoms with Crippen molar-refractivity contribution in [1.29, 1.82) is 5.26 Å². The maximum absolute atomic E-state index is 8.80. The van der Waals surface area contributed by atoms with Crippen molar-refractivity contribution in [2.24, 2.45) is 11.8 Å². The first kappa shape index (κ1) is 11.0. The van der Waals surface area contributed by atoms with Crippen LogP contribution in [0.15, 0.2) is 10.7 Å². The predicted molar refractivity (Wildman–Crippen MR) is 67.3 cm³/mol. The molecule has 1 aromatic heterocycles. The number of anilines is 1. The van der Waals surface area contributed by atoms with Crippen LogP contribution in [-0.2, 0) is 0 Å². The molecule has 2 bridgehead atoms. The van der Waals surface area contributed by atoms with Crippen LogP contribution < -0.4 is 5.32 Å². The fourth-order valence-electron chi connectivity index (χ4n) is 3.12. The van der Waals surface area contributed by atoms with E-state index in [1.807, 2.05) is 6.07 Å². The summed E-state index contributed by atoms with van der Waals surface area (Å²) in [4.78, 5) is 8.13. The van der Waals surface area contributed by atoms with Crippen LogP contribution >= 0.6 is 15.9 Å². The highest BCUT2D eigenvalue weighted by atomic mass is 79.9. The Hall–Kier alpha value is -1.15. The lowest BCUT2D eigenvalue weighted by Crippen LogP contribution is -2.26. The van der Waals surface area contributed by atoms with Gasteiger partial charge in [0.1, 0.15) is 11.9 Å². The zero-order valence-corrected chi connectivity index (χ0v) is 10.9. The summed E-state index contributed by atoms with van der Waals surface area (Å²) in [6.07, 6.45) is 6.95. The summed E-state index contributed by atoms with van der Waals surface area (Å²) in [5, 5.41) is 12.3. The van der Waals surface area contributed by atoms with Crippen LogP contribution in [0.1, 0.15) is 31.5 Å². The van der Waals surface area contributed by atoms with E-state index in [1.54, 1.807) is 6.20 Å². The molecule has 2 fully saturated rings. The van der Waals surface area contributed by atoms with Crippen LogP contribution in [0.5, 0.6) is 0 Å². The molecule has 0 unspecified atom stereocenters. The topological polar surface area (TPSA) is 61.6 Å². The van der Waals surface area contributed by atoms with Gasteiger partial charge in [0.15, 0.2) is 0 Å². The van der Waals surface area contributed by atoms with Crippen molar-refractivity contribution in [1.82, 2.24) is 9.97 Å². The van der Waals surface area contributed by atoms with Gasteiger partial charge in [0.05, 0.1) is 4.47 Å². The van der Waals surface area contributed by atoms with E-state index in [1.165, 1.54) is 25.7 Å². The minimum Gasteiger partial charge on any atom is -0.366 e. The van der Waals surface area contributed by atoms with Gasteiger partial charge in [-0.05, 0) is 47.0 Å². The van der Waals surface area contributed by atoms with Crippen molar-refractivity contribution in [2.45, 2.75) is 31.7 Å². The molecule has 0 aliphatic heterocycles. The maximum atomic E-state index is 8.80. The minimum absolute atomic E-state index is 0.221. The van der Waals surface area contributed by atoms with Crippen molar-refractivity contribution in [3.8, 4) is 6.07 Å². The second-order valence-corrected chi connectivity index (χ2v) is 5.78. The molecular formula is C12H13BrN4. The molecule has 1 aromatic rings. The van der Waals surface area contributed by atoms with Crippen LogP contribution in [0.4, 0.5) is 5.82 Å². The molecule has 88 valence electrons. The molecule has 3 rings (SSSR count). The first-order valence-corrected chi connectivity index (χ1v) is 6.74. The molecule has 2 saturated carbocycles. The smallest absolute Gasteiger partial charge is 0.234 e. The zero-order valence-electron chi connectivity index (χ0n) is 9.36. The summed E-state index contributed by atoms with van der Waals surface area (Å²) in [6.45, 7) is 0. The second kappa shape index (κ2) is 4.26. The van der Waals surface area contributed by atoms with Crippen molar-refractivity contribution in [3.05, 3.63) is 16.5 Å². The number of hydrogen-bond donors (Lipinski definition) is 1. The Labute approximate surface area is 109 Å². The zero-order chi connectivity index (χ0) is 11.8. The van der Waals surface area contributed by atoms with Crippen LogP contribution in [0.3, 0.4) is 0 Å². The van der Waals surface area contributed by atoms with Crippen LogP contribution in [-0.4, -0.2) is 16.0 Å². The molecule has 4 nitrogen and oxygen atoms in total. The number of nitriles is 1. The Kier molecular flexibility index (Phi) is 2.75. The van der Waals surface area contributed by atoms with E-state index in [4.69, 9.17) is 5.26 Å². The number of rotatable bonds is 2. The monoisotopic (exact) mass is 292 g/mol. The highest BCUT2D eigenvalue weighted by Crippen LogP contribution is 2.45. The van der Waals surface area contributed by atoms with Gasteiger partial charge in [-0.2, -0.15) is 5.26 Å². The lowest BCUT2D eigenvalue weighted by molar-refractivity contribution is 0.438. The number of fused-ring (bicyclic) bond motifs is 2. The van der Waals surface area contributed by atoms with Gasteiger partial charge in [-0.1, -0.05) is 6.42 Å². The Morgan fingerprint density at radius 2 is 2.29 bits per heavy atom. The number of hydrogen-bond acceptors (Lipinski definition) is 4. The van der Waals surface area contributed by atoms with Gasteiger partial charge < -0.3 is 5.32 Å². The number of nitrogens with zero attached hydrogens (tertiary/aromatic N) is 3. The molecule has 2 aliphatic carbocycles. The van der Waals surface area contributed by atoms with Crippen LogP contribution in [0, 0.1) is 23.2 Å². The first-order chi connectivity index (χ1) is 8.26. The molecule has 0 amide bonds. The van der Waals surface area contributed by atoms with Gasteiger partial charge in [0, 0.05) is 12.2 Å². The Bertz CT molecular complexity index is 482. The van der Waals surface area contributed by atoms with Crippen molar-refractivity contribution >= 4 is 21.7 Å². The van der Waals surface area contributed by atoms with Gasteiger partial charge in [0.2, 0.25) is 5.82 Å². The third kappa shape index (κ3) is 2.02. The van der Waals surface area contributed by atoms with Crippen LogP contribution in [0.25, 0.3) is 0 Å². The normalized spacial score (nSPS) is 30.2. The Morgan fingerprint density at radius 1 is 1.41 bits per heavy atom. The van der Waals surface area contributed by atoms with E-state index < -0.39 is 0 Å². The van der Waals surface area contributed by atoms with Gasteiger partial charge >= 0.3 is 0 Å². The van der Waals surface area contributed by atoms with Gasteiger partial charge in [0.25, 0.3) is 0 Å². The first-order valence-electron chi connectivity index (χ1n) is 5.95. The summed E-state index contributed by atoms with van der Waals surface area (Å²) >= 11 is 3.42. The molecule has 0 saturated heterocycles. The molecule has 0 aromatic carbocycles. The molecule has 2 aliphatic rings. The SMILES string of the molecule is N#Cc1ncc(Br)c(N[C@@H]2C[C@H]3CC[C@@H]2C3)n1. The van der Waals surface area contributed by atoms with Gasteiger partial charge in [-0.25, -0.2) is 9.97 Å². The molecular weight excluding hydrogens is 280 g/mol. The predicted octanol–water partition coefficient (Wildman–Crippen LogP) is 2.71. The van der Waals surface area contributed by atoms with Crippen molar-refractivity contribution < 1.29 is 0 Å². The Balaban J connectivity index is 1.79. The van der Waals surface area contributed by atoms with Crippen LogP contribution in [0.2, 0.25) is 0 Å². The molecule has 1 heterocycles. The summed E-state index contributed by atoms with van der Waals surface area (Å²) < 4.78 is 0.833. The Morgan fingerprint density at radius 3 is 2.94 bits per heavy atom. The molecule has 1 N–H and O–H groups in total. The van der Waals surface area contributed by atoms with Gasteiger partial charge in [-0.3, -0.25) is 0 Å². The quantitative estimate of drug-likeness (QED) is 0.910. The van der Waals surface area contributed by atoms with Gasteiger partial charge in [-0.15, -0.1) is 0 Å². The number of nitrogens with one attached hydrogen (secondary N) is 1. The highest BCUT2D eigenvalue weighted by molar-refractivity contribution is 9.10.